The number of hydrogen-bond donors (Lipinski definition) is 4. The second kappa shape index (κ2) is 16.0. The highest BCUT2D eigenvalue weighted by Gasteiger charge is 2.46. The molecule has 0 radical (unpaired) electrons. The van der Waals surface area contributed by atoms with Gasteiger partial charge in [-0.2, -0.15) is 0 Å². The summed E-state index contributed by atoms with van der Waals surface area (Å²) in [6.45, 7) is 1.12. The molecule has 2 aromatic heterocycles. The number of nitrogens with two attached hydrogens (primary N) is 1. The lowest BCUT2D eigenvalue weighted by atomic mass is 10.2. The first-order chi connectivity index (χ1) is 19.3. The Kier molecular flexibility index (Phi) is 12.8. The molecule has 3 heterocycles. The molecule has 1 saturated heterocycles. The average Bonchev–Trinajstić information content (AvgIpc) is 3.37. The monoisotopic (exact) mass is 593 g/mol. The van der Waals surface area contributed by atoms with Crippen molar-refractivity contribution in [3.8, 4) is 0 Å². The zero-order valence-electron chi connectivity index (χ0n) is 21.5. The molecule has 0 spiro atoms. The number of ether oxygens (including phenoxy) is 4. The van der Waals surface area contributed by atoms with Crippen LogP contribution in [0.2, 0.25) is 0 Å². The molecule has 3 rings (SSSR count). The van der Waals surface area contributed by atoms with Crippen molar-refractivity contribution in [2.45, 2.75) is 24.8 Å². The maximum Gasteiger partial charge on any atom is 0.472 e. The first kappa shape index (κ1) is 32.0. The smallest absolute Gasteiger partial charge is 0.382 e. The summed E-state index contributed by atoms with van der Waals surface area (Å²) in [5.74, 6) is 0.0994. The number of aliphatic hydroxyl groups excluding tert-OH is 2. The second-order valence-corrected chi connectivity index (χ2v) is 9.47. The fraction of sp³-hybridized carbons (Fsp3) is 0.737. The van der Waals surface area contributed by atoms with Gasteiger partial charge in [0.25, 0.3) is 0 Å². The number of aromatic nitrogens is 4. The van der Waals surface area contributed by atoms with Crippen molar-refractivity contribution < 1.29 is 52.5 Å². The average molecular weight is 593 g/mol. The second-order valence-electron chi connectivity index (χ2n) is 7.91. The maximum absolute atomic E-state index is 11.8. The summed E-state index contributed by atoms with van der Waals surface area (Å²) in [5.41, 5.74) is 14.5. The standard InChI is InChI=1S/C19H32N9O11P/c1-33-40(31,32)38-10-13-17(29)28(37-9-8-36-7-6-35-5-4-34-3-2-25-26-21)18(30)19(39-13)27-12-24-14-15(20)22-11-23-16(14)27/h11-13,17-19,29-30H,2-10H2,1H3,(H,31,32)(H2,20,22,23)/t13-,17?,18?,19?/m1/s1. The van der Waals surface area contributed by atoms with E-state index in [1.54, 1.807) is 0 Å². The lowest BCUT2D eigenvalue weighted by Gasteiger charge is -2.44. The number of hydroxylamine groups is 2. The predicted molar refractivity (Wildman–Crippen MR) is 133 cm³/mol. The van der Waals surface area contributed by atoms with Gasteiger partial charge in [-0.3, -0.25) is 18.5 Å². The molecule has 21 heteroatoms. The number of morpholine rings is 1. The van der Waals surface area contributed by atoms with Crippen LogP contribution in [-0.4, -0.2) is 125 Å². The van der Waals surface area contributed by atoms with E-state index in [1.165, 1.54) is 17.2 Å². The molecule has 0 aliphatic carbocycles. The summed E-state index contributed by atoms with van der Waals surface area (Å²) in [7, 11) is -3.42. The van der Waals surface area contributed by atoms with E-state index in [9.17, 15) is 19.7 Å². The highest BCUT2D eigenvalue weighted by Crippen LogP contribution is 2.43. The molecule has 1 aliphatic heterocycles. The SMILES string of the molecule is COP(=O)(O)OC[C@H]1OC(n2cnc3c(N)ncnc32)C(O)N(OCCOCCOCCOCCN=[N+]=[N-])C1O. The zero-order valence-corrected chi connectivity index (χ0v) is 22.4. The highest BCUT2D eigenvalue weighted by atomic mass is 31.2. The molecular weight excluding hydrogens is 561 g/mol. The summed E-state index contributed by atoms with van der Waals surface area (Å²) in [6.07, 6.45) is -3.26. The number of phosphoric ester groups is 1. The molecule has 2 aromatic rings. The zero-order chi connectivity index (χ0) is 29.0. The van der Waals surface area contributed by atoms with Crippen LogP contribution >= 0.6 is 7.82 Å². The fourth-order valence-corrected chi connectivity index (χ4v) is 3.86. The summed E-state index contributed by atoms with van der Waals surface area (Å²) < 4.78 is 44.2. The van der Waals surface area contributed by atoms with E-state index >= 15 is 0 Å². The molecule has 0 bridgehead atoms. The van der Waals surface area contributed by atoms with Gasteiger partial charge in [0.05, 0.1) is 59.2 Å². The van der Waals surface area contributed by atoms with E-state index in [4.69, 9.17) is 39.6 Å². The van der Waals surface area contributed by atoms with E-state index in [0.717, 1.165) is 12.2 Å². The third-order valence-corrected chi connectivity index (χ3v) is 6.26. The van der Waals surface area contributed by atoms with Crippen LogP contribution in [0.25, 0.3) is 21.6 Å². The van der Waals surface area contributed by atoms with Gasteiger partial charge in [-0.15, -0.1) is 5.06 Å². The van der Waals surface area contributed by atoms with E-state index in [1.807, 2.05) is 0 Å². The van der Waals surface area contributed by atoms with E-state index in [0.29, 0.717) is 19.8 Å². The molecule has 0 aromatic carbocycles. The van der Waals surface area contributed by atoms with Crippen LogP contribution in [0.5, 0.6) is 0 Å². The summed E-state index contributed by atoms with van der Waals surface area (Å²) in [6, 6.07) is 0. The van der Waals surface area contributed by atoms with Crippen molar-refractivity contribution in [2.24, 2.45) is 5.11 Å². The van der Waals surface area contributed by atoms with Crippen LogP contribution in [0.3, 0.4) is 0 Å². The third kappa shape index (κ3) is 8.98. The van der Waals surface area contributed by atoms with Crippen LogP contribution in [0.15, 0.2) is 17.8 Å². The van der Waals surface area contributed by atoms with E-state index < -0.39 is 39.2 Å². The topological polar surface area (TPSA) is 264 Å². The molecule has 5 atom stereocenters. The maximum atomic E-state index is 11.8. The summed E-state index contributed by atoms with van der Waals surface area (Å²) >= 11 is 0. The predicted octanol–water partition coefficient (Wildman–Crippen LogP) is -0.700. The minimum Gasteiger partial charge on any atom is -0.382 e. The largest absolute Gasteiger partial charge is 0.472 e. The molecule has 0 saturated carbocycles. The van der Waals surface area contributed by atoms with Crippen molar-refractivity contribution >= 4 is 24.8 Å². The van der Waals surface area contributed by atoms with Gasteiger partial charge in [-0.25, -0.2) is 19.5 Å². The van der Waals surface area contributed by atoms with Crippen molar-refractivity contribution in [1.82, 2.24) is 24.6 Å². The number of nitrogens with zero attached hydrogens (tertiary/aromatic N) is 8. The third-order valence-electron chi connectivity index (χ3n) is 5.33. The quantitative estimate of drug-likeness (QED) is 0.0547. The van der Waals surface area contributed by atoms with Gasteiger partial charge in [-0.05, 0) is 5.53 Å². The Hall–Kier alpha value is -2.55. The number of phosphoric acid groups is 1. The number of rotatable bonds is 18. The Morgan fingerprint density at radius 1 is 1.10 bits per heavy atom. The van der Waals surface area contributed by atoms with Crippen LogP contribution in [0.4, 0.5) is 5.82 Å². The van der Waals surface area contributed by atoms with Crippen molar-refractivity contribution in [3.63, 3.8) is 0 Å². The number of aliphatic hydroxyl groups is 2. The molecule has 1 fully saturated rings. The van der Waals surface area contributed by atoms with Gasteiger partial charge in [0.2, 0.25) is 0 Å². The van der Waals surface area contributed by atoms with Crippen LogP contribution in [0.1, 0.15) is 6.23 Å². The van der Waals surface area contributed by atoms with Crippen LogP contribution < -0.4 is 5.73 Å². The Labute approximate surface area is 227 Å². The molecule has 40 heavy (non-hydrogen) atoms. The molecule has 1 aliphatic rings. The number of fused-ring (bicyclic) bond motifs is 1. The van der Waals surface area contributed by atoms with Gasteiger partial charge < -0.3 is 39.8 Å². The van der Waals surface area contributed by atoms with Gasteiger partial charge in [0.15, 0.2) is 30.1 Å². The van der Waals surface area contributed by atoms with Gasteiger partial charge in [0.1, 0.15) is 17.9 Å². The fourth-order valence-electron chi connectivity index (χ4n) is 3.42. The number of azide groups is 1. The number of imidazole rings is 1. The van der Waals surface area contributed by atoms with E-state index in [-0.39, 0.29) is 50.0 Å². The number of hydrogen-bond acceptors (Lipinski definition) is 16. The van der Waals surface area contributed by atoms with Gasteiger partial charge in [0, 0.05) is 18.6 Å². The normalized spacial score (nSPS) is 23.2. The van der Waals surface area contributed by atoms with Gasteiger partial charge in [-0.1, -0.05) is 5.11 Å². The highest BCUT2D eigenvalue weighted by molar-refractivity contribution is 7.47. The number of anilines is 1. The van der Waals surface area contributed by atoms with Crippen molar-refractivity contribution in [1.29, 1.82) is 0 Å². The first-order valence-corrected chi connectivity index (χ1v) is 13.4. The molecule has 5 N–H and O–H groups in total. The molecular formula is C19H32N9O11P. The number of nitrogen functional groups attached to an aromatic ring is 1. The van der Waals surface area contributed by atoms with Crippen LogP contribution in [-0.2, 0) is 37.4 Å². The Morgan fingerprint density at radius 2 is 1.77 bits per heavy atom. The molecule has 224 valence electrons. The lowest BCUT2D eigenvalue weighted by Crippen LogP contribution is -2.60. The lowest BCUT2D eigenvalue weighted by molar-refractivity contribution is -0.391. The van der Waals surface area contributed by atoms with E-state index in [2.05, 4.69) is 29.5 Å². The molecule has 4 unspecified atom stereocenters. The van der Waals surface area contributed by atoms with Crippen molar-refractivity contribution in [3.05, 3.63) is 23.1 Å². The molecule has 0 amide bonds. The Balaban J connectivity index is 1.54. The van der Waals surface area contributed by atoms with Gasteiger partial charge >= 0.3 is 7.82 Å². The summed E-state index contributed by atoms with van der Waals surface area (Å²) in [4.78, 5) is 29.9. The molecule has 20 nitrogen and oxygen atoms in total. The summed E-state index contributed by atoms with van der Waals surface area (Å²) in [5, 5.41) is 26.0. The minimum atomic E-state index is -4.40. The van der Waals surface area contributed by atoms with Crippen molar-refractivity contribution in [2.75, 3.05) is 72.2 Å². The first-order valence-electron chi connectivity index (χ1n) is 11.9. The van der Waals surface area contributed by atoms with Crippen LogP contribution in [0, 0.1) is 0 Å². The Morgan fingerprint density at radius 3 is 2.45 bits per heavy atom. The Bertz CT molecular complexity index is 1150. The minimum absolute atomic E-state index is 0.0714.